The number of carbonyl (C=O) groups is 3. The maximum absolute atomic E-state index is 12.8. The third kappa shape index (κ3) is 45.4. The van der Waals surface area contributed by atoms with Crippen molar-refractivity contribution in [3.63, 3.8) is 0 Å². The van der Waals surface area contributed by atoms with Gasteiger partial charge in [0.05, 0.1) is 25.4 Å². The molecule has 0 aliphatic heterocycles. The summed E-state index contributed by atoms with van der Waals surface area (Å²) in [4.78, 5) is 48.1. The van der Waals surface area contributed by atoms with E-state index in [-0.39, 0.29) is 38.2 Å². The third-order valence-corrected chi connectivity index (χ3v) is 12.3. The molecule has 0 saturated carbocycles. The molecule has 2 atom stereocenters. The van der Waals surface area contributed by atoms with Gasteiger partial charge < -0.3 is 29.2 Å². The van der Waals surface area contributed by atoms with Crippen molar-refractivity contribution in [2.45, 2.75) is 278 Å². The molecule has 2 unspecified atom stereocenters. The molecule has 0 radical (unpaired) electrons. The molecule has 0 saturated heterocycles. The predicted molar refractivity (Wildman–Crippen MR) is 261 cm³/mol. The van der Waals surface area contributed by atoms with Gasteiger partial charge in [-0.05, 0) is 47.5 Å². The van der Waals surface area contributed by atoms with Crippen LogP contribution in [0.15, 0.2) is 0 Å². The molecule has 0 aromatic rings. The fourth-order valence-electron chi connectivity index (χ4n) is 7.37. The monoisotopic (exact) mass is 934 g/mol. The Balaban J connectivity index is 4.63. The van der Waals surface area contributed by atoms with E-state index in [9.17, 15) is 23.8 Å². The first-order valence-electron chi connectivity index (χ1n) is 26.2. The second-order valence-electron chi connectivity index (χ2n) is 19.6. The largest absolute Gasteiger partial charge is 0.472 e. The first-order valence-corrected chi connectivity index (χ1v) is 27.7. The van der Waals surface area contributed by atoms with Crippen LogP contribution in [-0.4, -0.2) is 73.2 Å². The van der Waals surface area contributed by atoms with Crippen molar-refractivity contribution < 1.29 is 51.8 Å². The highest BCUT2D eigenvalue weighted by Crippen LogP contribution is 2.43. The van der Waals surface area contributed by atoms with E-state index in [1.807, 2.05) is 20.8 Å². The lowest BCUT2D eigenvalue weighted by Gasteiger charge is -2.27. The summed E-state index contributed by atoms with van der Waals surface area (Å²) >= 11 is 0. The maximum atomic E-state index is 12.8. The van der Waals surface area contributed by atoms with Crippen molar-refractivity contribution in [1.82, 2.24) is 5.32 Å². The van der Waals surface area contributed by atoms with Gasteiger partial charge in [-0.25, -0.2) is 9.36 Å². The zero-order valence-corrected chi connectivity index (χ0v) is 43.3. The summed E-state index contributed by atoms with van der Waals surface area (Å²) in [7, 11) is -4.61. The number of esters is 2. The van der Waals surface area contributed by atoms with E-state index in [2.05, 4.69) is 19.2 Å². The number of hydrogen-bond donors (Lipinski definition) is 2. The minimum absolute atomic E-state index is 0.115. The van der Waals surface area contributed by atoms with Crippen molar-refractivity contribution in [3.8, 4) is 0 Å². The number of ether oxygens (including phenoxy) is 4. The minimum Gasteiger partial charge on any atom is -0.462 e. The molecule has 0 spiro atoms. The summed E-state index contributed by atoms with van der Waals surface area (Å²) in [6.45, 7) is 13.0. The Labute approximate surface area is 392 Å². The fraction of sp³-hybridized carbons (Fsp3) is 0.941. The molecule has 64 heavy (non-hydrogen) atoms. The Bertz CT molecular complexity index is 1160. The zero-order valence-electron chi connectivity index (χ0n) is 42.4. The van der Waals surface area contributed by atoms with Gasteiger partial charge in [0.15, 0.2) is 6.10 Å². The van der Waals surface area contributed by atoms with Crippen molar-refractivity contribution in [3.05, 3.63) is 0 Å². The van der Waals surface area contributed by atoms with E-state index >= 15 is 0 Å². The first kappa shape index (κ1) is 62.3. The van der Waals surface area contributed by atoms with Crippen LogP contribution in [0.2, 0.25) is 0 Å². The maximum Gasteiger partial charge on any atom is 0.472 e. The average molecular weight is 934 g/mol. The van der Waals surface area contributed by atoms with Crippen LogP contribution >= 0.6 is 7.82 Å². The van der Waals surface area contributed by atoms with Gasteiger partial charge in [0.25, 0.3) is 0 Å². The second-order valence-corrected chi connectivity index (χ2v) is 21.0. The van der Waals surface area contributed by atoms with Crippen LogP contribution in [-0.2, 0) is 42.1 Å². The van der Waals surface area contributed by atoms with Crippen LogP contribution < -0.4 is 5.32 Å². The smallest absolute Gasteiger partial charge is 0.462 e. The SMILES string of the molecule is CCCCCCCCCCCCCCCCCC(=O)OCC(COP(=O)(O)OCCNC(=O)OC(C)(C)CCOC(C)(C)C)OC(=O)CCCCCCCCCCCCCCCCC. The lowest BCUT2D eigenvalue weighted by Crippen LogP contribution is -2.37. The van der Waals surface area contributed by atoms with Crippen LogP contribution in [0.25, 0.3) is 0 Å². The number of nitrogens with one attached hydrogen (secondary N) is 1. The quantitative estimate of drug-likeness (QED) is 0.0259. The van der Waals surface area contributed by atoms with E-state index in [0.29, 0.717) is 25.9 Å². The molecular formula is C51H100NO11P. The van der Waals surface area contributed by atoms with E-state index in [1.54, 1.807) is 13.8 Å². The molecule has 0 aromatic heterocycles. The number of unbranched alkanes of at least 4 members (excludes halogenated alkanes) is 28. The molecule has 1 amide bonds. The lowest BCUT2D eigenvalue weighted by molar-refractivity contribution is -0.161. The summed E-state index contributed by atoms with van der Waals surface area (Å²) in [5, 5.41) is 2.50. The number of hydrogen-bond acceptors (Lipinski definition) is 10. The zero-order chi connectivity index (χ0) is 47.6. The topological polar surface area (TPSA) is 156 Å². The first-order chi connectivity index (χ1) is 30.6. The van der Waals surface area contributed by atoms with Gasteiger partial charge in [-0.15, -0.1) is 0 Å². The highest BCUT2D eigenvalue weighted by molar-refractivity contribution is 7.47. The van der Waals surface area contributed by atoms with Crippen LogP contribution in [0.5, 0.6) is 0 Å². The van der Waals surface area contributed by atoms with Crippen molar-refractivity contribution in [2.75, 3.05) is 33.0 Å². The summed E-state index contributed by atoms with van der Waals surface area (Å²) < 4.78 is 45.1. The molecular weight excluding hydrogens is 834 g/mol. The third-order valence-electron chi connectivity index (χ3n) is 11.4. The van der Waals surface area contributed by atoms with E-state index in [1.165, 1.54) is 141 Å². The predicted octanol–water partition coefficient (Wildman–Crippen LogP) is 14.8. The Morgan fingerprint density at radius 2 is 0.922 bits per heavy atom. The number of carbonyl (C=O) groups excluding carboxylic acids is 3. The van der Waals surface area contributed by atoms with Gasteiger partial charge >= 0.3 is 25.9 Å². The van der Waals surface area contributed by atoms with Gasteiger partial charge in [-0.1, -0.05) is 194 Å². The molecule has 13 heteroatoms. The number of phosphoric ester groups is 1. The van der Waals surface area contributed by atoms with Crippen molar-refractivity contribution >= 4 is 25.9 Å². The van der Waals surface area contributed by atoms with Crippen LogP contribution in [0, 0.1) is 0 Å². The summed E-state index contributed by atoms with van der Waals surface area (Å²) in [5.74, 6) is -0.893. The van der Waals surface area contributed by atoms with E-state index < -0.39 is 44.2 Å². The van der Waals surface area contributed by atoms with Crippen molar-refractivity contribution in [1.29, 1.82) is 0 Å². The summed E-state index contributed by atoms with van der Waals surface area (Å²) in [6.07, 6.45) is 35.9. The molecule has 0 bridgehead atoms. The standard InChI is InChI=1S/C51H100NO11P/c1-8-10-12-14-16-18-20-22-24-26-28-30-32-34-36-38-47(53)58-44-46(62-48(54)39-37-35-33-31-29-27-25-23-21-19-17-15-13-11-9-2)45-61-64(56,57)60-43-41-52-49(55)63-51(6,7)40-42-59-50(3,4)5/h46H,8-45H2,1-7H3,(H,52,55)(H,56,57). The Hall–Kier alpha value is -1.72. The summed E-state index contributed by atoms with van der Waals surface area (Å²) in [5.41, 5.74) is -1.10. The van der Waals surface area contributed by atoms with E-state index in [4.69, 9.17) is 28.0 Å². The van der Waals surface area contributed by atoms with Crippen LogP contribution in [0.4, 0.5) is 4.79 Å². The Morgan fingerprint density at radius 1 is 0.531 bits per heavy atom. The van der Waals surface area contributed by atoms with Crippen LogP contribution in [0.1, 0.15) is 260 Å². The van der Waals surface area contributed by atoms with Crippen molar-refractivity contribution in [2.24, 2.45) is 0 Å². The molecule has 0 heterocycles. The molecule has 380 valence electrons. The molecule has 12 nitrogen and oxygen atoms in total. The highest BCUT2D eigenvalue weighted by Gasteiger charge is 2.27. The normalized spacial score (nSPS) is 13.4. The molecule has 0 rings (SSSR count). The van der Waals surface area contributed by atoms with Gasteiger partial charge in [-0.3, -0.25) is 18.6 Å². The van der Waals surface area contributed by atoms with Crippen LogP contribution in [0.3, 0.4) is 0 Å². The molecule has 0 aliphatic rings. The summed E-state index contributed by atoms with van der Waals surface area (Å²) in [6, 6.07) is 0. The molecule has 0 aliphatic carbocycles. The highest BCUT2D eigenvalue weighted by atomic mass is 31.2. The Morgan fingerprint density at radius 3 is 1.33 bits per heavy atom. The average Bonchev–Trinajstić information content (AvgIpc) is 3.22. The van der Waals surface area contributed by atoms with E-state index in [0.717, 1.165) is 38.5 Å². The number of phosphoric acid groups is 1. The van der Waals surface area contributed by atoms with Gasteiger partial charge in [0, 0.05) is 25.8 Å². The molecule has 0 fully saturated rings. The van der Waals surface area contributed by atoms with Gasteiger partial charge in [0.2, 0.25) is 0 Å². The lowest BCUT2D eigenvalue weighted by atomic mass is 10.0. The molecule has 0 aromatic carbocycles. The Kier molecular flexibility index (Phi) is 40.4. The van der Waals surface area contributed by atoms with Gasteiger partial charge in [0.1, 0.15) is 12.2 Å². The second kappa shape index (κ2) is 41.5. The minimum atomic E-state index is -4.61. The number of alkyl carbamates (subject to hydrolysis) is 1. The number of amides is 1. The molecule has 2 N–H and O–H groups in total. The fourth-order valence-corrected chi connectivity index (χ4v) is 8.12. The number of rotatable bonds is 46. The van der Waals surface area contributed by atoms with Gasteiger partial charge in [-0.2, -0.15) is 0 Å².